The van der Waals surface area contributed by atoms with Crippen molar-refractivity contribution >= 4 is 17.9 Å². The number of piperidine rings is 1. The predicted octanol–water partition coefficient (Wildman–Crippen LogP) is 3.14. The standard InChI is InChI=1S/C17H34N2O3S/c1-5-23-14-6-9-18-10-13-21-15-7-11-19(12-8-15)16(20)22-17(2,3)4/h15,18H,5-14H2,1-4H3. The Morgan fingerprint density at radius 3 is 2.57 bits per heavy atom. The Hall–Kier alpha value is -0.460. The van der Waals surface area contributed by atoms with Crippen LogP contribution in [0.3, 0.4) is 0 Å². The van der Waals surface area contributed by atoms with E-state index in [4.69, 9.17) is 9.47 Å². The van der Waals surface area contributed by atoms with Crippen molar-refractivity contribution in [2.24, 2.45) is 0 Å². The summed E-state index contributed by atoms with van der Waals surface area (Å²) in [6.07, 6.45) is 3.07. The van der Waals surface area contributed by atoms with Crippen LogP contribution >= 0.6 is 11.8 Å². The summed E-state index contributed by atoms with van der Waals surface area (Å²) in [7, 11) is 0. The van der Waals surface area contributed by atoms with Crippen LogP contribution in [0, 0.1) is 0 Å². The average molecular weight is 347 g/mol. The predicted molar refractivity (Wildman–Crippen MR) is 97.3 cm³/mol. The number of hydrogen-bond donors (Lipinski definition) is 1. The van der Waals surface area contributed by atoms with Crippen LogP contribution in [0.5, 0.6) is 0 Å². The molecule has 1 rings (SSSR count). The van der Waals surface area contributed by atoms with Crippen molar-refractivity contribution in [3.8, 4) is 0 Å². The minimum Gasteiger partial charge on any atom is -0.444 e. The van der Waals surface area contributed by atoms with Gasteiger partial charge in [0.25, 0.3) is 0 Å². The number of carbonyl (C=O) groups is 1. The Balaban J connectivity index is 2.03. The van der Waals surface area contributed by atoms with E-state index in [0.29, 0.717) is 0 Å². The lowest BCUT2D eigenvalue weighted by atomic mass is 10.1. The summed E-state index contributed by atoms with van der Waals surface area (Å²) >= 11 is 1.99. The zero-order valence-corrected chi connectivity index (χ0v) is 16.0. The summed E-state index contributed by atoms with van der Waals surface area (Å²) in [5.41, 5.74) is -0.425. The van der Waals surface area contributed by atoms with Crippen LogP contribution in [0.4, 0.5) is 4.79 Å². The smallest absolute Gasteiger partial charge is 0.410 e. The molecule has 0 aromatic rings. The molecule has 0 spiro atoms. The highest BCUT2D eigenvalue weighted by molar-refractivity contribution is 7.99. The van der Waals surface area contributed by atoms with Gasteiger partial charge in [0.2, 0.25) is 0 Å². The molecule has 23 heavy (non-hydrogen) atoms. The second kappa shape index (κ2) is 11.2. The third-order valence-corrected chi connectivity index (χ3v) is 4.56. The van der Waals surface area contributed by atoms with Gasteiger partial charge in [-0.3, -0.25) is 0 Å². The molecule has 1 fully saturated rings. The minimum atomic E-state index is -0.425. The van der Waals surface area contributed by atoms with Crippen molar-refractivity contribution in [3.05, 3.63) is 0 Å². The zero-order chi connectivity index (χ0) is 17.1. The molecule has 0 aromatic heterocycles. The summed E-state index contributed by atoms with van der Waals surface area (Å²) in [5, 5.41) is 3.41. The molecule has 136 valence electrons. The summed E-state index contributed by atoms with van der Waals surface area (Å²) in [4.78, 5) is 13.8. The second-order valence-electron chi connectivity index (χ2n) is 6.84. The van der Waals surface area contributed by atoms with Crippen LogP contribution in [-0.2, 0) is 9.47 Å². The van der Waals surface area contributed by atoms with Gasteiger partial charge in [-0.15, -0.1) is 0 Å². The van der Waals surface area contributed by atoms with Crippen LogP contribution in [0.25, 0.3) is 0 Å². The molecular weight excluding hydrogens is 312 g/mol. The maximum atomic E-state index is 12.0. The molecule has 6 heteroatoms. The first-order chi connectivity index (χ1) is 10.9. The van der Waals surface area contributed by atoms with Crippen molar-refractivity contribution in [2.45, 2.75) is 58.7 Å². The van der Waals surface area contributed by atoms with E-state index in [1.807, 2.05) is 32.5 Å². The molecule has 1 heterocycles. The fourth-order valence-corrected chi connectivity index (χ4v) is 3.03. The molecule has 1 aliphatic rings. The molecule has 1 N–H and O–H groups in total. The lowest BCUT2D eigenvalue weighted by Crippen LogP contribution is -2.43. The highest BCUT2D eigenvalue weighted by atomic mass is 32.2. The van der Waals surface area contributed by atoms with Crippen LogP contribution < -0.4 is 5.32 Å². The number of likely N-dealkylation sites (tertiary alicyclic amines) is 1. The van der Waals surface area contributed by atoms with Gasteiger partial charge in [0.05, 0.1) is 12.7 Å². The van der Waals surface area contributed by atoms with E-state index < -0.39 is 5.60 Å². The van der Waals surface area contributed by atoms with Crippen molar-refractivity contribution in [3.63, 3.8) is 0 Å². The molecule has 0 unspecified atom stereocenters. The zero-order valence-electron chi connectivity index (χ0n) is 15.2. The molecule has 5 nitrogen and oxygen atoms in total. The van der Waals surface area contributed by atoms with E-state index in [2.05, 4.69) is 12.2 Å². The van der Waals surface area contributed by atoms with Gasteiger partial charge in [0, 0.05) is 19.6 Å². The molecule has 0 atom stereocenters. The molecule has 0 bridgehead atoms. The Morgan fingerprint density at radius 1 is 1.26 bits per heavy atom. The van der Waals surface area contributed by atoms with Gasteiger partial charge in [0.15, 0.2) is 0 Å². The largest absolute Gasteiger partial charge is 0.444 e. The lowest BCUT2D eigenvalue weighted by molar-refractivity contribution is -0.0104. The Labute approximate surface area is 145 Å². The fourth-order valence-electron chi connectivity index (χ4n) is 2.40. The molecule has 1 aliphatic heterocycles. The second-order valence-corrected chi connectivity index (χ2v) is 8.23. The third-order valence-electron chi connectivity index (χ3n) is 3.57. The SMILES string of the molecule is CCSCCCNCCOC1CCN(C(=O)OC(C)(C)C)CC1. The van der Waals surface area contributed by atoms with Gasteiger partial charge in [-0.25, -0.2) is 4.79 Å². The number of rotatable bonds is 9. The van der Waals surface area contributed by atoms with E-state index in [-0.39, 0.29) is 12.2 Å². The molecule has 0 radical (unpaired) electrons. The van der Waals surface area contributed by atoms with Crippen molar-refractivity contribution in [2.75, 3.05) is 44.3 Å². The van der Waals surface area contributed by atoms with Crippen molar-refractivity contribution < 1.29 is 14.3 Å². The van der Waals surface area contributed by atoms with Crippen LogP contribution in [0.15, 0.2) is 0 Å². The first-order valence-electron chi connectivity index (χ1n) is 8.80. The minimum absolute atomic E-state index is 0.206. The lowest BCUT2D eigenvalue weighted by Gasteiger charge is -2.33. The van der Waals surface area contributed by atoms with Crippen molar-refractivity contribution in [1.29, 1.82) is 0 Å². The Morgan fingerprint density at radius 2 is 1.96 bits per heavy atom. The van der Waals surface area contributed by atoms with Gasteiger partial charge in [-0.2, -0.15) is 11.8 Å². The van der Waals surface area contributed by atoms with Crippen LogP contribution in [-0.4, -0.2) is 67.0 Å². The molecular formula is C17H34N2O3S. The number of carbonyl (C=O) groups excluding carboxylic acids is 1. The quantitative estimate of drug-likeness (QED) is 0.650. The summed E-state index contributed by atoms with van der Waals surface area (Å²) in [6.45, 7) is 12.1. The molecule has 0 aromatic carbocycles. The number of hydrogen-bond acceptors (Lipinski definition) is 5. The first-order valence-corrected chi connectivity index (χ1v) is 9.96. The Kier molecular flexibility index (Phi) is 9.99. The van der Waals surface area contributed by atoms with E-state index in [1.165, 1.54) is 17.9 Å². The van der Waals surface area contributed by atoms with Crippen LogP contribution in [0.2, 0.25) is 0 Å². The molecule has 0 aliphatic carbocycles. The van der Waals surface area contributed by atoms with E-state index in [1.54, 1.807) is 4.90 Å². The number of nitrogens with zero attached hydrogens (tertiary/aromatic N) is 1. The summed E-state index contributed by atoms with van der Waals surface area (Å²) in [6, 6.07) is 0. The van der Waals surface area contributed by atoms with E-state index in [9.17, 15) is 4.79 Å². The number of nitrogens with one attached hydrogen (secondary N) is 1. The normalized spacial score (nSPS) is 16.6. The van der Waals surface area contributed by atoms with Gasteiger partial charge in [-0.05, 0) is 58.1 Å². The topological polar surface area (TPSA) is 50.8 Å². The number of ether oxygens (including phenoxy) is 2. The average Bonchev–Trinajstić information content (AvgIpc) is 2.49. The van der Waals surface area contributed by atoms with E-state index >= 15 is 0 Å². The number of thioether (sulfide) groups is 1. The third kappa shape index (κ3) is 10.1. The van der Waals surface area contributed by atoms with Gasteiger partial charge in [0.1, 0.15) is 5.60 Å². The molecule has 0 saturated carbocycles. The maximum Gasteiger partial charge on any atom is 0.410 e. The van der Waals surface area contributed by atoms with Gasteiger partial charge in [-0.1, -0.05) is 6.92 Å². The van der Waals surface area contributed by atoms with Gasteiger partial charge < -0.3 is 19.7 Å². The van der Waals surface area contributed by atoms with E-state index in [0.717, 1.165) is 45.6 Å². The fraction of sp³-hybridized carbons (Fsp3) is 0.941. The van der Waals surface area contributed by atoms with Crippen molar-refractivity contribution in [1.82, 2.24) is 10.2 Å². The first kappa shape index (κ1) is 20.6. The number of amides is 1. The summed E-state index contributed by atoms with van der Waals surface area (Å²) < 4.78 is 11.3. The highest BCUT2D eigenvalue weighted by Gasteiger charge is 2.26. The molecule has 1 amide bonds. The monoisotopic (exact) mass is 346 g/mol. The highest BCUT2D eigenvalue weighted by Crippen LogP contribution is 2.17. The van der Waals surface area contributed by atoms with Gasteiger partial charge >= 0.3 is 6.09 Å². The Bertz CT molecular complexity index is 326. The molecule has 1 saturated heterocycles. The summed E-state index contributed by atoms with van der Waals surface area (Å²) in [5.74, 6) is 2.43. The maximum absolute atomic E-state index is 12.0. The van der Waals surface area contributed by atoms with Crippen LogP contribution in [0.1, 0.15) is 47.0 Å².